The first kappa shape index (κ1) is 15.4. The molecule has 0 amide bonds. The van der Waals surface area contributed by atoms with Gasteiger partial charge in [0.25, 0.3) is 0 Å². The monoisotopic (exact) mass is 285 g/mol. The summed E-state index contributed by atoms with van der Waals surface area (Å²) in [7, 11) is 2.00. The summed E-state index contributed by atoms with van der Waals surface area (Å²) in [5.41, 5.74) is 3.10. The van der Waals surface area contributed by atoms with Crippen LogP contribution in [0.1, 0.15) is 27.9 Å². The van der Waals surface area contributed by atoms with Gasteiger partial charge in [0.2, 0.25) is 0 Å². The molecule has 0 radical (unpaired) electrons. The molecule has 0 aliphatic rings. The molecule has 2 aromatic rings. The van der Waals surface area contributed by atoms with Crippen molar-refractivity contribution in [2.24, 2.45) is 0 Å². The molecule has 21 heavy (non-hydrogen) atoms. The fourth-order valence-corrected chi connectivity index (χ4v) is 2.23. The average Bonchev–Trinajstić information content (AvgIpc) is 2.48. The molecule has 0 aromatic heterocycles. The minimum absolute atomic E-state index is 0.0478. The molecule has 0 unspecified atom stereocenters. The average molecular weight is 285 g/mol. The van der Waals surface area contributed by atoms with Crippen LogP contribution >= 0.6 is 0 Å². The number of carbonyl (C=O) groups excluding carboxylic acids is 1. The third-order valence-electron chi connectivity index (χ3n) is 3.59. The summed E-state index contributed by atoms with van der Waals surface area (Å²) in [6.07, 6.45) is 0.439. The molecule has 0 fully saturated rings. The standard InChI is InChI=1S/C18H20FNO/c1-14-5-3-4-6-16(14)13-20(2)12-11-18(21)15-7-9-17(19)10-8-15/h3-10H,11-13H2,1-2H3. The van der Waals surface area contributed by atoms with Crippen LogP contribution in [0.3, 0.4) is 0 Å². The van der Waals surface area contributed by atoms with E-state index in [9.17, 15) is 9.18 Å². The Morgan fingerprint density at radius 2 is 1.76 bits per heavy atom. The molecule has 0 bridgehead atoms. The zero-order valence-electron chi connectivity index (χ0n) is 12.5. The van der Waals surface area contributed by atoms with E-state index in [0.29, 0.717) is 18.5 Å². The maximum atomic E-state index is 12.8. The van der Waals surface area contributed by atoms with E-state index in [2.05, 4.69) is 24.0 Å². The first-order valence-electron chi connectivity index (χ1n) is 7.08. The fourth-order valence-electron chi connectivity index (χ4n) is 2.23. The number of hydrogen-bond acceptors (Lipinski definition) is 2. The van der Waals surface area contributed by atoms with Gasteiger partial charge in [-0.1, -0.05) is 24.3 Å². The molecule has 2 rings (SSSR count). The summed E-state index contributed by atoms with van der Waals surface area (Å²) in [5, 5.41) is 0. The van der Waals surface area contributed by atoms with Crippen LogP contribution in [0.2, 0.25) is 0 Å². The number of ketones is 1. The van der Waals surface area contributed by atoms with Crippen LogP contribution in [-0.4, -0.2) is 24.3 Å². The highest BCUT2D eigenvalue weighted by molar-refractivity contribution is 5.96. The minimum atomic E-state index is -0.316. The van der Waals surface area contributed by atoms with Gasteiger partial charge in [-0.05, 0) is 49.4 Å². The Kier molecular flexibility index (Phi) is 5.23. The molecule has 0 aliphatic carbocycles. The highest BCUT2D eigenvalue weighted by atomic mass is 19.1. The summed E-state index contributed by atoms with van der Waals surface area (Å²) >= 11 is 0. The smallest absolute Gasteiger partial charge is 0.164 e. The predicted octanol–water partition coefficient (Wildman–Crippen LogP) is 3.84. The largest absolute Gasteiger partial charge is 0.302 e. The van der Waals surface area contributed by atoms with E-state index in [4.69, 9.17) is 0 Å². The van der Waals surface area contributed by atoms with Gasteiger partial charge in [-0.3, -0.25) is 4.79 Å². The Hall–Kier alpha value is -2.00. The highest BCUT2D eigenvalue weighted by Crippen LogP contribution is 2.11. The van der Waals surface area contributed by atoms with Crippen LogP contribution in [-0.2, 0) is 6.54 Å². The van der Waals surface area contributed by atoms with Crippen LogP contribution in [0.5, 0.6) is 0 Å². The van der Waals surface area contributed by atoms with Gasteiger partial charge >= 0.3 is 0 Å². The minimum Gasteiger partial charge on any atom is -0.302 e. The lowest BCUT2D eigenvalue weighted by Crippen LogP contribution is -2.22. The number of Topliss-reactive ketones (excluding diaryl/α,β-unsaturated/α-hetero) is 1. The number of benzene rings is 2. The van der Waals surface area contributed by atoms with Gasteiger partial charge in [-0.25, -0.2) is 4.39 Å². The SMILES string of the molecule is Cc1ccccc1CN(C)CCC(=O)c1ccc(F)cc1. The Bertz CT molecular complexity index is 607. The summed E-state index contributed by atoms with van der Waals surface area (Å²) < 4.78 is 12.8. The van der Waals surface area contributed by atoms with E-state index in [1.165, 1.54) is 23.3 Å². The van der Waals surface area contributed by atoms with Gasteiger partial charge in [-0.15, -0.1) is 0 Å². The van der Waals surface area contributed by atoms with Gasteiger partial charge in [0, 0.05) is 25.1 Å². The molecule has 2 nitrogen and oxygen atoms in total. The van der Waals surface area contributed by atoms with Gasteiger partial charge in [0.1, 0.15) is 5.82 Å². The maximum Gasteiger partial charge on any atom is 0.164 e. The molecule has 0 aliphatic heterocycles. The summed E-state index contributed by atoms with van der Waals surface area (Å²) in [5.74, 6) is -0.269. The van der Waals surface area contributed by atoms with Crippen molar-refractivity contribution in [2.75, 3.05) is 13.6 Å². The van der Waals surface area contributed by atoms with Crippen LogP contribution in [0.15, 0.2) is 48.5 Å². The molecule has 0 saturated heterocycles. The van der Waals surface area contributed by atoms with Gasteiger partial charge in [0.15, 0.2) is 5.78 Å². The van der Waals surface area contributed by atoms with Crippen molar-refractivity contribution in [1.29, 1.82) is 0 Å². The van der Waals surface area contributed by atoms with E-state index >= 15 is 0 Å². The molecular formula is C18H20FNO. The van der Waals surface area contributed by atoms with Gasteiger partial charge < -0.3 is 4.90 Å². The van der Waals surface area contributed by atoms with Crippen LogP contribution < -0.4 is 0 Å². The molecule has 2 aromatic carbocycles. The lowest BCUT2D eigenvalue weighted by atomic mass is 10.1. The van der Waals surface area contributed by atoms with E-state index in [1.807, 2.05) is 19.2 Å². The quantitative estimate of drug-likeness (QED) is 0.752. The predicted molar refractivity (Wildman–Crippen MR) is 82.9 cm³/mol. The molecule has 0 atom stereocenters. The maximum absolute atomic E-state index is 12.8. The highest BCUT2D eigenvalue weighted by Gasteiger charge is 2.08. The van der Waals surface area contributed by atoms with Crippen molar-refractivity contribution in [3.05, 3.63) is 71.0 Å². The van der Waals surface area contributed by atoms with Crippen molar-refractivity contribution < 1.29 is 9.18 Å². The van der Waals surface area contributed by atoms with Crippen LogP contribution in [0, 0.1) is 12.7 Å². The van der Waals surface area contributed by atoms with Crippen molar-refractivity contribution in [2.45, 2.75) is 19.9 Å². The molecule has 3 heteroatoms. The van der Waals surface area contributed by atoms with Crippen molar-refractivity contribution in [3.63, 3.8) is 0 Å². The van der Waals surface area contributed by atoms with E-state index in [-0.39, 0.29) is 11.6 Å². The second kappa shape index (κ2) is 7.14. The Labute approximate surface area is 125 Å². The zero-order chi connectivity index (χ0) is 15.2. The Morgan fingerprint density at radius 1 is 1.10 bits per heavy atom. The summed E-state index contributed by atoms with van der Waals surface area (Å²) in [6.45, 7) is 3.60. The topological polar surface area (TPSA) is 20.3 Å². The first-order valence-corrected chi connectivity index (χ1v) is 7.08. The molecule has 110 valence electrons. The molecule has 0 heterocycles. The third-order valence-corrected chi connectivity index (χ3v) is 3.59. The number of hydrogen-bond donors (Lipinski definition) is 0. The fraction of sp³-hybridized carbons (Fsp3) is 0.278. The Balaban J connectivity index is 1.86. The number of halogens is 1. The van der Waals surface area contributed by atoms with Crippen molar-refractivity contribution in [1.82, 2.24) is 4.90 Å². The molecular weight excluding hydrogens is 265 g/mol. The molecule has 0 N–H and O–H groups in total. The number of aryl methyl sites for hydroxylation is 1. The second-order valence-electron chi connectivity index (χ2n) is 5.34. The number of carbonyl (C=O) groups is 1. The van der Waals surface area contributed by atoms with E-state index < -0.39 is 0 Å². The van der Waals surface area contributed by atoms with Crippen LogP contribution in [0.25, 0.3) is 0 Å². The summed E-state index contributed by atoms with van der Waals surface area (Å²) in [4.78, 5) is 14.2. The molecule has 0 spiro atoms. The zero-order valence-corrected chi connectivity index (χ0v) is 12.5. The second-order valence-corrected chi connectivity index (χ2v) is 5.34. The normalized spacial score (nSPS) is 10.9. The van der Waals surface area contributed by atoms with Gasteiger partial charge in [-0.2, -0.15) is 0 Å². The first-order chi connectivity index (χ1) is 10.1. The van der Waals surface area contributed by atoms with Crippen molar-refractivity contribution >= 4 is 5.78 Å². The third kappa shape index (κ3) is 4.50. The summed E-state index contributed by atoms with van der Waals surface area (Å²) in [6, 6.07) is 14.0. The van der Waals surface area contributed by atoms with E-state index in [1.54, 1.807) is 12.1 Å². The molecule has 0 saturated carbocycles. The number of rotatable bonds is 6. The lowest BCUT2D eigenvalue weighted by molar-refractivity contribution is 0.0968. The van der Waals surface area contributed by atoms with E-state index in [0.717, 1.165) is 6.54 Å². The Morgan fingerprint density at radius 3 is 2.43 bits per heavy atom. The number of nitrogens with zero attached hydrogens (tertiary/aromatic N) is 1. The van der Waals surface area contributed by atoms with Crippen LogP contribution in [0.4, 0.5) is 4.39 Å². The van der Waals surface area contributed by atoms with Gasteiger partial charge in [0.05, 0.1) is 0 Å². The lowest BCUT2D eigenvalue weighted by Gasteiger charge is -2.17. The van der Waals surface area contributed by atoms with Crippen molar-refractivity contribution in [3.8, 4) is 0 Å².